The van der Waals surface area contributed by atoms with Gasteiger partial charge in [-0.25, -0.2) is 4.98 Å². The highest BCUT2D eigenvalue weighted by molar-refractivity contribution is 6.07. The molecule has 0 saturated heterocycles. The smallest absolute Gasteiger partial charge is 0.250 e. The van der Waals surface area contributed by atoms with Gasteiger partial charge in [0.25, 0.3) is 5.91 Å². The third kappa shape index (κ3) is 4.95. The Kier molecular flexibility index (Phi) is 7.58. The van der Waals surface area contributed by atoms with Gasteiger partial charge in [-0.1, -0.05) is 49.6 Å². The number of hydrogen-bond acceptors (Lipinski definition) is 4. The molecule has 2 heterocycles. The van der Waals surface area contributed by atoms with Crippen LogP contribution in [0.15, 0.2) is 61.1 Å². The summed E-state index contributed by atoms with van der Waals surface area (Å²) in [6.45, 7) is 6.60. The highest BCUT2D eigenvalue weighted by atomic mass is 16.2. The standard InChI is InChI=1S/C30H36N6O2/c1-4-35(23-12-6-5-7-13-23)30(38)29(24-14-9-8-11-21(24)2)36(28(37)20-34-18-17-31-22(34)3)27-16-10-15-26-25(27)19-32-33-26/h8-11,14-19,23,29H,4-7,12-13,20H2,1-3H3,(H,32,33). The first-order valence-electron chi connectivity index (χ1n) is 13.6. The van der Waals surface area contributed by atoms with E-state index in [4.69, 9.17) is 0 Å². The lowest BCUT2D eigenvalue weighted by molar-refractivity contribution is -0.137. The summed E-state index contributed by atoms with van der Waals surface area (Å²) in [4.78, 5) is 37.0. The number of aromatic amines is 1. The van der Waals surface area contributed by atoms with Crippen molar-refractivity contribution in [1.29, 1.82) is 0 Å². The molecule has 1 fully saturated rings. The normalized spacial score (nSPS) is 14.9. The molecule has 2 amide bonds. The number of aromatic nitrogens is 4. The van der Waals surface area contributed by atoms with Crippen molar-refractivity contribution in [1.82, 2.24) is 24.6 Å². The van der Waals surface area contributed by atoms with Crippen LogP contribution in [0.3, 0.4) is 0 Å². The van der Waals surface area contributed by atoms with Crippen LogP contribution in [-0.4, -0.2) is 49.0 Å². The number of fused-ring (bicyclic) bond motifs is 1. The highest BCUT2D eigenvalue weighted by Gasteiger charge is 2.39. The number of rotatable bonds is 8. The third-order valence-corrected chi connectivity index (χ3v) is 7.83. The van der Waals surface area contributed by atoms with Crippen molar-refractivity contribution < 1.29 is 9.59 Å². The van der Waals surface area contributed by atoms with Gasteiger partial charge in [-0.05, 0) is 56.9 Å². The largest absolute Gasteiger partial charge is 0.338 e. The van der Waals surface area contributed by atoms with Crippen molar-refractivity contribution in [2.24, 2.45) is 0 Å². The molecule has 8 heteroatoms. The number of benzene rings is 2. The number of carbonyl (C=O) groups is 2. The first-order chi connectivity index (χ1) is 18.5. The molecule has 1 atom stereocenters. The van der Waals surface area contributed by atoms with E-state index in [-0.39, 0.29) is 24.4 Å². The number of imidazole rings is 1. The SMILES string of the molecule is CCN(C(=O)C(c1ccccc1C)N(C(=O)Cn1ccnc1C)c1cccc2[nH]ncc12)C1CCCCC1. The summed E-state index contributed by atoms with van der Waals surface area (Å²) < 4.78 is 1.82. The van der Waals surface area contributed by atoms with Gasteiger partial charge in [0.15, 0.2) is 0 Å². The molecular weight excluding hydrogens is 476 g/mol. The lowest BCUT2D eigenvalue weighted by Crippen LogP contribution is -2.50. The predicted molar refractivity (Wildman–Crippen MR) is 149 cm³/mol. The van der Waals surface area contributed by atoms with Gasteiger partial charge in [0, 0.05) is 30.4 Å². The maximum Gasteiger partial charge on any atom is 0.250 e. The molecule has 2 aromatic carbocycles. The average Bonchev–Trinajstić information content (AvgIpc) is 3.57. The summed E-state index contributed by atoms with van der Waals surface area (Å²) in [5.74, 6) is 0.530. The predicted octanol–water partition coefficient (Wildman–Crippen LogP) is 5.33. The fraction of sp³-hybridized carbons (Fsp3) is 0.400. The second kappa shape index (κ2) is 11.2. The van der Waals surface area contributed by atoms with Crippen LogP contribution in [0.1, 0.15) is 62.0 Å². The van der Waals surface area contributed by atoms with Crippen LogP contribution in [0.25, 0.3) is 10.9 Å². The first kappa shape index (κ1) is 25.7. The molecule has 38 heavy (non-hydrogen) atoms. The molecule has 5 rings (SSSR count). The van der Waals surface area contributed by atoms with Gasteiger partial charge in [0.2, 0.25) is 5.91 Å². The molecule has 0 radical (unpaired) electrons. The Morgan fingerprint density at radius 2 is 1.87 bits per heavy atom. The second-order valence-electron chi connectivity index (χ2n) is 10.1. The molecule has 1 aliphatic carbocycles. The van der Waals surface area contributed by atoms with Gasteiger partial charge < -0.3 is 9.47 Å². The Hall–Kier alpha value is -3.94. The van der Waals surface area contributed by atoms with Crippen molar-refractivity contribution in [2.75, 3.05) is 11.4 Å². The minimum atomic E-state index is -0.810. The van der Waals surface area contributed by atoms with Crippen LogP contribution in [-0.2, 0) is 16.1 Å². The summed E-state index contributed by atoms with van der Waals surface area (Å²) in [5, 5.41) is 8.06. The molecule has 1 aliphatic rings. The van der Waals surface area contributed by atoms with Gasteiger partial charge in [0.05, 0.1) is 17.4 Å². The third-order valence-electron chi connectivity index (χ3n) is 7.83. The Morgan fingerprint density at radius 1 is 1.08 bits per heavy atom. The van der Waals surface area contributed by atoms with Crippen LogP contribution >= 0.6 is 0 Å². The van der Waals surface area contributed by atoms with Crippen molar-refractivity contribution in [2.45, 2.75) is 71.5 Å². The van der Waals surface area contributed by atoms with E-state index < -0.39 is 6.04 Å². The highest BCUT2D eigenvalue weighted by Crippen LogP contribution is 2.36. The van der Waals surface area contributed by atoms with Crippen LogP contribution in [0, 0.1) is 13.8 Å². The van der Waals surface area contributed by atoms with E-state index in [1.807, 2.05) is 72.7 Å². The molecule has 1 saturated carbocycles. The summed E-state index contributed by atoms with van der Waals surface area (Å²) in [7, 11) is 0. The summed E-state index contributed by atoms with van der Waals surface area (Å²) in [5.41, 5.74) is 3.29. The second-order valence-corrected chi connectivity index (χ2v) is 10.1. The zero-order valence-corrected chi connectivity index (χ0v) is 22.4. The molecule has 8 nitrogen and oxygen atoms in total. The van der Waals surface area contributed by atoms with Crippen LogP contribution in [0.2, 0.25) is 0 Å². The van der Waals surface area contributed by atoms with E-state index in [2.05, 4.69) is 15.2 Å². The number of likely N-dealkylation sites (N-methyl/N-ethyl adjacent to an activating group) is 1. The minimum absolute atomic E-state index is 0.0371. The van der Waals surface area contributed by atoms with E-state index in [1.54, 1.807) is 23.5 Å². The number of nitrogens with zero attached hydrogens (tertiary/aromatic N) is 5. The molecule has 0 aliphatic heterocycles. The van der Waals surface area contributed by atoms with E-state index in [9.17, 15) is 9.59 Å². The fourth-order valence-corrected chi connectivity index (χ4v) is 5.79. The van der Waals surface area contributed by atoms with E-state index in [0.29, 0.717) is 12.2 Å². The van der Waals surface area contributed by atoms with Crippen molar-refractivity contribution in [3.63, 3.8) is 0 Å². The molecule has 0 spiro atoms. The number of H-pyrrole nitrogens is 1. The lowest BCUT2D eigenvalue weighted by Gasteiger charge is -2.40. The molecule has 198 valence electrons. The van der Waals surface area contributed by atoms with Crippen LogP contribution < -0.4 is 4.90 Å². The average molecular weight is 513 g/mol. The maximum absolute atomic E-state index is 14.7. The number of amides is 2. The molecule has 2 aromatic heterocycles. The van der Waals surface area contributed by atoms with E-state index >= 15 is 0 Å². The topological polar surface area (TPSA) is 87.1 Å². The number of anilines is 1. The van der Waals surface area contributed by atoms with Gasteiger partial charge in [0.1, 0.15) is 18.4 Å². The van der Waals surface area contributed by atoms with E-state index in [1.165, 1.54) is 6.42 Å². The van der Waals surface area contributed by atoms with Gasteiger partial charge >= 0.3 is 0 Å². The Labute approximate surface area is 223 Å². The summed E-state index contributed by atoms with van der Waals surface area (Å²) in [6.07, 6.45) is 10.7. The number of aryl methyl sites for hydroxylation is 2. The molecule has 1 unspecified atom stereocenters. The zero-order valence-electron chi connectivity index (χ0n) is 22.4. The summed E-state index contributed by atoms with van der Waals surface area (Å²) >= 11 is 0. The van der Waals surface area contributed by atoms with Crippen molar-refractivity contribution >= 4 is 28.4 Å². The van der Waals surface area contributed by atoms with Gasteiger partial charge in [-0.3, -0.25) is 19.6 Å². The van der Waals surface area contributed by atoms with Gasteiger partial charge in [-0.15, -0.1) is 0 Å². The van der Waals surface area contributed by atoms with E-state index in [0.717, 1.165) is 53.5 Å². The Morgan fingerprint density at radius 3 is 2.58 bits per heavy atom. The van der Waals surface area contributed by atoms with Gasteiger partial charge in [-0.2, -0.15) is 5.10 Å². The van der Waals surface area contributed by atoms with Crippen molar-refractivity contribution in [3.8, 4) is 0 Å². The molecule has 0 bridgehead atoms. The number of hydrogen-bond donors (Lipinski definition) is 1. The molecule has 4 aromatic rings. The molecular formula is C30H36N6O2. The monoisotopic (exact) mass is 512 g/mol. The number of carbonyl (C=O) groups excluding carboxylic acids is 2. The quantitative estimate of drug-likeness (QED) is 0.346. The number of nitrogens with one attached hydrogen (secondary N) is 1. The maximum atomic E-state index is 14.7. The van der Waals surface area contributed by atoms with Crippen molar-refractivity contribution in [3.05, 3.63) is 78.0 Å². The Bertz CT molecular complexity index is 1420. The summed E-state index contributed by atoms with van der Waals surface area (Å²) in [6, 6.07) is 13.0. The zero-order chi connectivity index (χ0) is 26.6. The first-order valence-corrected chi connectivity index (χ1v) is 13.6. The van der Waals surface area contributed by atoms with Crippen LogP contribution in [0.5, 0.6) is 0 Å². The molecule has 1 N–H and O–H groups in total. The fourth-order valence-electron chi connectivity index (χ4n) is 5.79. The van der Waals surface area contributed by atoms with Crippen LogP contribution in [0.4, 0.5) is 5.69 Å². The minimum Gasteiger partial charge on any atom is -0.338 e. The lowest BCUT2D eigenvalue weighted by atomic mass is 9.92. The Balaban J connectivity index is 1.68.